The number of carbonyl (C=O) groups is 2. The number of piperazine rings is 1. The maximum absolute atomic E-state index is 12.0. The quantitative estimate of drug-likeness (QED) is 0.548. The van der Waals surface area contributed by atoms with Gasteiger partial charge in [0, 0.05) is 17.6 Å². The molecule has 0 aromatic heterocycles. The normalized spacial score (nSPS) is 18.2. The summed E-state index contributed by atoms with van der Waals surface area (Å²) < 4.78 is 0. The molecule has 1 heterocycles. The molecule has 1 fully saturated rings. The Hall–Kier alpha value is -2.19. The number of benzene rings is 1. The van der Waals surface area contributed by atoms with Crippen molar-refractivity contribution in [1.29, 1.82) is 0 Å². The number of rotatable bonds is 3. The first kappa shape index (κ1) is 14.2. The lowest BCUT2D eigenvalue weighted by atomic mass is 10.2. The summed E-state index contributed by atoms with van der Waals surface area (Å²) in [4.78, 5) is 33.2. The van der Waals surface area contributed by atoms with E-state index in [1.807, 2.05) is 0 Å². The predicted octanol–water partition coefficient (Wildman–Crippen LogP) is 0.275. The average molecular weight is 299 g/mol. The lowest BCUT2D eigenvalue weighted by Crippen LogP contribution is -2.56. The topological polar surface area (TPSA) is 113 Å². The van der Waals surface area contributed by atoms with Crippen LogP contribution in [-0.2, 0) is 9.59 Å². The van der Waals surface area contributed by atoms with Gasteiger partial charge in [0.2, 0.25) is 11.8 Å². The summed E-state index contributed by atoms with van der Waals surface area (Å²) in [5.74, 6) is -0.682. The number of nitro groups is 1. The minimum Gasteiger partial charge on any atom is -0.353 e. The molecule has 8 nitrogen and oxygen atoms in total. The van der Waals surface area contributed by atoms with Gasteiger partial charge in [-0.05, 0) is 12.1 Å². The van der Waals surface area contributed by atoms with E-state index in [2.05, 4.69) is 16.0 Å². The van der Waals surface area contributed by atoms with Crippen molar-refractivity contribution < 1.29 is 14.5 Å². The summed E-state index contributed by atoms with van der Waals surface area (Å²) in [7, 11) is 0. The Morgan fingerprint density at radius 3 is 2.85 bits per heavy atom. The fourth-order valence-electron chi connectivity index (χ4n) is 1.74. The van der Waals surface area contributed by atoms with Crippen molar-refractivity contribution in [1.82, 2.24) is 10.6 Å². The number of amides is 2. The highest BCUT2D eigenvalue weighted by atomic mass is 35.5. The summed E-state index contributed by atoms with van der Waals surface area (Å²) in [6.45, 7) is 0.148. The van der Waals surface area contributed by atoms with E-state index in [0.717, 1.165) is 0 Å². The van der Waals surface area contributed by atoms with Crippen LogP contribution < -0.4 is 16.0 Å². The monoisotopic (exact) mass is 298 g/mol. The van der Waals surface area contributed by atoms with E-state index in [1.165, 1.54) is 18.2 Å². The molecule has 3 N–H and O–H groups in total. The third-order valence-corrected chi connectivity index (χ3v) is 2.98. The lowest BCUT2D eigenvalue weighted by molar-refractivity contribution is -0.383. The molecule has 1 aromatic rings. The van der Waals surface area contributed by atoms with Gasteiger partial charge in [-0.25, -0.2) is 0 Å². The summed E-state index contributed by atoms with van der Waals surface area (Å²) >= 11 is 5.76. The van der Waals surface area contributed by atoms with Gasteiger partial charge in [-0.3, -0.25) is 25.0 Å². The summed E-state index contributed by atoms with van der Waals surface area (Å²) in [6, 6.07) is 3.24. The van der Waals surface area contributed by atoms with Crippen molar-refractivity contribution in [2.75, 3.05) is 18.4 Å². The Kier molecular flexibility index (Phi) is 4.16. The van der Waals surface area contributed by atoms with Crippen LogP contribution in [0, 0.1) is 10.1 Å². The van der Waals surface area contributed by atoms with E-state index in [0.29, 0.717) is 0 Å². The third-order valence-electron chi connectivity index (χ3n) is 2.74. The minimum atomic E-state index is -0.647. The predicted molar refractivity (Wildman–Crippen MR) is 71.5 cm³/mol. The van der Waals surface area contributed by atoms with Crippen LogP contribution in [-0.4, -0.2) is 35.9 Å². The zero-order valence-corrected chi connectivity index (χ0v) is 10.9. The molecule has 0 radical (unpaired) electrons. The van der Waals surface area contributed by atoms with Gasteiger partial charge in [0.05, 0.1) is 11.5 Å². The van der Waals surface area contributed by atoms with Gasteiger partial charge < -0.3 is 10.6 Å². The number of hydrogen-bond acceptors (Lipinski definition) is 5. The number of anilines is 1. The summed E-state index contributed by atoms with van der Waals surface area (Å²) in [6.07, 6.45) is 0. The maximum atomic E-state index is 12.0. The smallest absolute Gasteiger partial charge is 0.292 e. The van der Waals surface area contributed by atoms with Gasteiger partial charge in [-0.15, -0.1) is 0 Å². The fourth-order valence-corrected chi connectivity index (χ4v) is 1.91. The molecule has 0 saturated carbocycles. The minimum absolute atomic E-state index is 0.0196. The first-order valence-electron chi connectivity index (χ1n) is 5.72. The van der Waals surface area contributed by atoms with Gasteiger partial charge in [-0.1, -0.05) is 11.6 Å². The second-order valence-corrected chi connectivity index (χ2v) is 4.58. The Morgan fingerprint density at radius 2 is 2.25 bits per heavy atom. The van der Waals surface area contributed by atoms with Crippen LogP contribution in [0.2, 0.25) is 5.02 Å². The van der Waals surface area contributed by atoms with Crippen LogP contribution in [0.25, 0.3) is 0 Å². The van der Waals surface area contributed by atoms with Gasteiger partial charge >= 0.3 is 0 Å². The van der Waals surface area contributed by atoms with Gasteiger partial charge in [-0.2, -0.15) is 0 Å². The van der Waals surface area contributed by atoms with E-state index in [9.17, 15) is 19.7 Å². The van der Waals surface area contributed by atoms with Gasteiger partial charge in [0.25, 0.3) is 5.69 Å². The zero-order chi connectivity index (χ0) is 14.7. The summed E-state index contributed by atoms with van der Waals surface area (Å²) in [5.41, 5.74) is -0.228. The molecule has 0 spiro atoms. The van der Waals surface area contributed by atoms with E-state index in [1.54, 1.807) is 0 Å². The highest BCUT2D eigenvalue weighted by molar-refractivity contribution is 6.31. The van der Waals surface area contributed by atoms with E-state index in [4.69, 9.17) is 11.6 Å². The third kappa shape index (κ3) is 3.22. The SMILES string of the molecule is O=C1CNC(C(=O)Nc2cc(Cl)ccc2[N+](=O)[O-])CN1. The number of nitrogens with zero attached hydrogens (tertiary/aromatic N) is 1. The van der Waals surface area contributed by atoms with E-state index in [-0.39, 0.29) is 35.4 Å². The Labute approximate surface area is 118 Å². The summed E-state index contributed by atoms with van der Waals surface area (Å²) in [5, 5.41) is 18.8. The molecule has 1 aliphatic rings. The first-order chi connectivity index (χ1) is 9.47. The molecule has 0 aliphatic carbocycles. The standard InChI is InChI=1S/C11H11ClN4O4/c12-6-1-2-9(16(19)20)7(3-6)15-11(18)8-4-14-10(17)5-13-8/h1-3,8,13H,4-5H2,(H,14,17)(H,15,18). The average Bonchev–Trinajstić information content (AvgIpc) is 2.39. The van der Waals surface area contributed by atoms with E-state index < -0.39 is 16.9 Å². The molecule has 1 atom stereocenters. The second kappa shape index (κ2) is 5.85. The highest BCUT2D eigenvalue weighted by Gasteiger charge is 2.25. The molecule has 106 valence electrons. The largest absolute Gasteiger partial charge is 0.353 e. The number of carbonyl (C=O) groups excluding carboxylic acids is 2. The van der Waals surface area contributed by atoms with Gasteiger partial charge in [0.1, 0.15) is 11.7 Å². The lowest BCUT2D eigenvalue weighted by Gasteiger charge is -2.23. The van der Waals surface area contributed by atoms with Crippen LogP contribution in [0.15, 0.2) is 18.2 Å². The molecule has 0 bridgehead atoms. The molecule has 1 unspecified atom stereocenters. The Balaban J connectivity index is 2.13. The van der Waals surface area contributed by atoms with Crippen molar-refractivity contribution in [2.24, 2.45) is 0 Å². The number of nitrogens with one attached hydrogen (secondary N) is 3. The van der Waals surface area contributed by atoms with Gasteiger partial charge in [0.15, 0.2) is 0 Å². The molecule has 2 amide bonds. The molecule has 1 aliphatic heterocycles. The first-order valence-corrected chi connectivity index (χ1v) is 6.10. The molecule has 1 aromatic carbocycles. The number of halogens is 1. The van der Waals surface area contributed by atoms with Crippen molar-refractivity contribution in [3.63, 3.8) is 0 Å². The zero-order valence-electron chi connectivity index (χ0n) is 10.2. The maximum Gasteiger partial charge on any atom is 0.292 e. The fraction of sp³-hybridized carbons (Fsp3) is 0.273. The van der Waals surface area contributed by atoms with Crippen molar-refractivity contribution in [2.45, 2.75) is 6.04 Å². The van der Waals surface area contributed by atoms with Crippen LogP contribution in [0.3, 0.4) is 0 Å². The molecular formula is C11H11ClN4O4. The van der Waals surface area contributed by atoms with Crippen LogP contribution in [0.5, 0.6) is 0 Å². The van der Waals surface area contributed by atoms with Crippen LogP contribution >= 0.6 is 11.6 Å². The Morgan fingerprint density at radius 1 is 1.50 bits per heavy atom. The van der Waals surface area contributed by atoms with Crippen LogP contribution in [0.1, 0.15) is 0 Å². The highest BCUT2D eigenvalue weighted by Crippen LogP contribution is 2.27. The van der Waals surface area contributed by atoms with E-state index >= 15 is 0 Å². The number of nitro benzene ring substituents is 1. The molecule has 9 heteroatoms. The van der Waals surface area contributed by atoms with Crippen molar-refractivity contribution in [3.05, 3.63) is 33.3 Å². The van der Waals surface area contributed by atoms with Crippen LogP contribution in [0.4, 0.5) is 11.4 Å². The molecule has 2 rings (SSSR count). The molecular weight excluding hydrogens is 288 g/mol. The number of hydrogen-bond donors (Lipinski definition) is 3. The van der Waals surface area contributed by atoms with Crippen molar-refractivity contribution in [3.8, 4) is 0 Å². The molecule has 1 saturated heterocycles. The Bertz CT molecular complexity index is 568. The van der Waals surface area contributed by atoms with Crippen molar-refractivity contribution >= 4 is 34.8 Å². The second-order valence-electron chi connectivity index (χ2n) is 4.15. The molecule has 20 heavy (non-hydrogen) atoms.